The Kier molecular flexibility index (Phi) is 5.38. The van der Waals surface area contributed by atoms with Crippen LogP contribution >= 0.6 is 0 Å². The minimum absolute atomic E-state index is 0.0449. The standard InChI is InChI=1S/C22H25FN4O4/c1-22(2,3)17(28)12-25-13-24-19-18(25)20(29)26(11-16-5-4-10-31-16)21(30)27(19)15-8-6-14(23)7-9-15/h6-9,13,16H,4-5,10-12H2,1-3H3/t16-/m1/s1. The Hall–Kier alpha value is -3.07. The van der Waals surface area contributed by atoms with Crippen molar-refractivity contribution in [2.24, 2.45) is 5.41 Å². The SMILES string of the molecule is CC(C)(C)C(=O)Cn1cnc2c1c(=O)n(C[C@H]1CCCO1)c(=O)n2-c1ccc(F)cc1. The number of aromatic nitrogens is 4. The highest BCUT2D eigenvalue weighted by molar-refractivity contribution is 5.85. The first-order valence-electron chi connectivity index (χ1n) is 10.3. The molecule has 1 atom stereocenters. The molecule has 31 heavy (non-hydrogen) atoms. The van der Waals surface area contributed by atoms with Gasteiger partial charge in [0, 0.05) is 12.0 Å². The van der Waals surface area contributed by atoms with Crippen LogP contribution in [0.15, 0.2) is 40.2 Å². The van der Waals surface area contributed by atoms with Gasteiger partial charge < -0.3 is 9.30 Å². The Bertz CT molecular complexity index is 1240. The van der Waals surface area contributed by atoms with E-state index in [1.165, 1.54) is 39.7 Å². The highest BCUT2D eigenvalue weighted by Crippen LogP contribution is 2.19. The van der Waals surface area contributed by atoms with Crippen LogP contribution in [0, 0.1) is 11.2 Å². The third-order valence-corrected chi connectivity index (χ3v) is 5.55. The summed E-state index contributed by atoms with van der Waals surface area (Å²) in [5, 5.41) is 0. The molecular formula is C22H25FN4O4. The number of imidazole rings is 1. The number of Topliss-reactive ketones (excluding diaryl/α,β-unsaturated/α-hetero) is 1. The van der Waals surface area contributed by atoms with Crippen LogP contribution in [-0.4, -0.2) is 37.2 Å². The second-order valence-electron chi connectivity index (χ2n) is 8.86. The first kappa shape index (κ1) is 21.2. The molecule has 2 aromatic heterocycles. The predicted octanol–water partition coefficient (Wildman–Crippen LogP) is 2.28. The first-order valence-corrected chi connectivity index (χ1v) is 10.3. The van der Waals surface area contributed by atoms with E-state index in [9.17, 15) is 18.8 Å². The van der Waals surface area contributed by atoms with E-state index < -0.39 is 22.5 Å². The van der Waals surface area contributed by atoms with Crippen molar-refractivity contribution in [1.82, 2.24) is 18.7 Å². The molecule has 164 valence electrons. The monoisotopic (exact) mass is 428 g/mol. The average Bonchev–Trinajstić information content (AvgIpc) is 3.36. The number of halogens is 1. The van der Waals surface area contributed by atoms with E-state index in [0.717, 1.165) is 17.4 Å². The molecule has 0 amide bonds. The van der Waals surface area contributed by atoms with E-state index in [-0.39, 0.29) is 36.1 Å². The molecule has 1 fully saturated rings. The molecule has 0 unspecified atom stereocenters. The van der Waals surface area contributed by atoms with Crippen LogP contribution in [0.2, 0.25) is 0 Å². The molecule has 0 spiro atoms. The zero-order valence-corrected chi connectivity index (χ0v) is 17.8. The number of hydrogen-bond donors (Lipinski definition) is 0. The van der Waals surface area contributed by atoms with Crippen LogP contribution in [0.1, 0.15) is 33.6 Å². The quantitative estimate of drug-likeness (QED) is 0.622. The molecule has 1 aliphatic rings. The molecule has 0 bridgehead atoms. The molecule has 3 aromatic rings. The maximum Gasteiger partial charge on any atom is 0.337 e. The molecule has 9 heteroatoms. The van der Waals surface area contributed by atoms with Gasteiger partial charge in [0.2, 0.25) is 0 Å². The van der Waals surface area contributed by atoms with Gasteiger partial charge in [-0.2, -0.15) is 0 Å². The van der Waals surface area contributed by atoms with Gasteiger partial charge in [0.05, 0.1) is 31.2 Å². The van der Waals surface area contributed by atoms with Crippen LogP contribution < -0.4 is 11.2 Å². The molecule has 1 aromatic carbocycles. The van der Waals surface area contributed by atoms with Crippen molar-refractivity contribution < 1.29 is 13.9 Å². The topological polar surface area (TPSA) is 88.1 Å². The summed E-state index contributed by atoms with van der Waals surface area (Å²) in [7, 11) is 0. The normalized spacial score (nSPS) is 16.8. The Morgan fingerprint density at radius 2 is 1.94 bits per heavy atom. The van der Waals surface area contributed by atoms with Gasteiger partial charge in [-0.05, 0) is 37.1 Å². The molecule has 8 nitrogen and oxygen atoms in total. The minimum atomic E-state index is -0.599. The van der Waals surface area contributed by atoms with E-state index in [1.54, 1.807) is 20.8 Å². The van der Waals surface area contributed by atoms with Crippen LogP contribution in [0.4, 0.5) is 4.39 Å². The third kappa shape index (κ3) is 3.97. The average molecular weight is 428 g/mol. The molecule has 1 saturated heterocycles. The Balaban J connectivity index is 1.94. The number of hydrogen-bond acceptors (Lipinski definition) is 5. The van der Waals surface area contributed by atoms with Gasteiger partial charge in [-0.1, -0.05) is 20.8 Å². The van der Waals surface area contributed by atoms with Crippen molar-refractivity contribution in [2.75, 3.05) is 6.61 Å². The summed E-state index contributed by atoms with van der Waals surface area (Å²) in [6.45, 7) is 6.06. The lowest BCUT2D eigenvalue weighted by Crippen LogP contribution is -2.42. The van der Waals surface area contributed by atoms with Crippen molar-refractivity contribution >= 4 is 16.9 Å². The van der Waals surface area contributed by atoms with Crippen molar-refractivity contribution in [3.63, 3.8) is 0 Å². The maximum absolute atomic E-state index is 13.5. The number of fused-ring (bicyclic) bond motifs is 1. The van der Waals surface area contributed by atoms with Gasteiger partial charge in [-0.25, -0.2) is 18.7 Å². The summed E-state index contributed by atoms with van der Waals surface area (Å²) >= 11 is 0. The van der Waals surface area contributed by atoms with Crippen molar-refractivity contribution in [3.05, 3.63) is 57.2 Å². The molecule has 1 aliphatic heterocycles. The van der Waals surface area contributed by atoms with E-state index >= 15 is 0 Å². The second kappa shape index (κ2) is 7.88. The highest BCUT2D eigenvalue weighted by Gasteiger charge is 2.26. The summed E-state index contributed by atoms with van der Waals surface area (Å²) in [6, 6.07) is 5.39. The van der Waals surface area contributed by atoms with Crippen molar-refractivity contribution in [1.29, 1.82) is 0 Å². The number of carbonyl (C=O) groups is 1. The fourth-order valence-electron chi connectivity index (χ4n) is 3.67. The smallest absolute Gasteiger partial charge is 0.337 e. The van der Waals surface area contributed by atoms with Gasteiger partial charge in [-0.15, -0.1) is 0 Å². The van der Waals surface area contributed by atoms with Gasteiger partial charge >= 0.3 is 5.69 Å². The zero-order valence-electron chi connectivity index (χ0n) is 17.8. The molecule has 3 heterocycles. The minimum Gasteiger partial charge on any atom is -0.376 e. The van der Waals surface area contributed by atoms with Gasteiger partial charge in [0.25, 0.3) is 5.56 Å². The number of nitrogens with zero attached hydrogens (tertiary/aromatic N) is 4. The molecule has 0 aliphatic carbocycles. The molecule has 0 radical (unpaired) electrons. The summed E-state index contributed by atoms with van der Waals surface area (Å²) in [6.07, 6.45) is 2.77. The lowest BCUT2D eigenvalue weighted by atomic mass is 9.91. The van der Waals surface area contributed by atoms with Gasteiger partial charge in [0.1, 0.15) is 5.82 Å². The Morgan fingerprint density at radius 3 is 2.55 bits per heavy atom. The fraction of sp³-hybridized carbons (Fsp3) is 0.455. The number of ketones is 1. The van der Waals surface area contributed by atoms with E-state index in [0.29, 0.717) is 12.3 Å². The Labute approximate surface area is 177 Å². The first-order chi connectivity index (χ1) is 14.7. The van der Waals surface area contributed by atoms with Crippen LogP contribution in [0.25, 0.3) is 16.9 Å². The van der Waals surface area contributed by atoms with E-state index in [2.05, 4.69) is 4.98 Å². The zero-order chi connectivity index (χ0) is 22.3. The van der Waals surface area contributed by atoms with Crippen LogP contribution in [0.3, 0.4) is 0 Å². The van der Waals surface area contributed by atoms with Crippen LogP contribution in [-0.2, 0) is 22.6 Å². The summed E-state index contributed by atoms with van der Waals surface area (Å²) in [5.74, 6) is -0.515. The van der Waals surface area contributed by atoms with E-state index in [1.807, 2.05) is 0 Å². The molecule has 4 rings (SSSR count). The number of benzene rings is 1. The second-order valence-corrected chi connectivity index (χ2v) is 8.86. The highest BCUT2D eigenvalue weighted by atomic mass is 19.1. The van der Waals surface area contributed by atoms with E-state index in [4.69, 9.17) is 4.74 Å². The molecular weight excluding hydrogens is 403 g/mol. The number of carbonyl (C=O) groups excluding carboxylic acids is 1. The Morgan fingerprint density at radius 1 is 1.23 bits per heavy atom. The molecule has 0 N–H and O–H groups in total. The lowest BCUT2D eigenvalue weighted by Gasteiger charge is -2.18. The fourth-order valence-corrected chi connectivity index (χ4v) is 3.67. The van der Waals surface area contributed by atoms with Gasteiger partial charge in [0.15, 0.2) is 16.9 Å². The summed E-state index contributed by atoms with van der Waals surface area (Å²) in [4.78, 5) is 43.6. The lowest BCUT2D eigenvalue weighted by molar-refractivity contribution is -0.126. The predicted molar refractivity (Wildman–Crippen MR) is 113 cm³/mol. The summed E-state index contributed by atoms with van der Waals surface area (Å²) in [5.41, 5.74) is -1.03. The maximum atomic E-state index is 13.5. The van der Waals surface area contributed by atoms with Crippen molar-refractivity contribution in [2.45, 2.75) is 52.8 Å². The molecule has 0 saturated carbocycles. The number of rotatable bonds is 5. The van der Waals surface area contributed by atoms with Crippen molar-refractivity contribution in [3.8, 4) is 5.69 Å². The summed E-state index contributed by atoms with van der Waals surface area (Å²) < 4.78 is 23.0. The largest absolute Gasteiger partial charge is 0.376 e. The van der Waals surface area contributed by atoms with Gasteiger partial charge in [-0.3, -0.25) is 14.2 Å². The number of ether oxygens (including phenoxy) is 1. The third-order valence-electron chi connectivity index (χ3n) is 5.55. The van der Waals surface area contributed by atoms with Crippen LogP contribution in [0.5, 0.6) is 0 Å².